The highest BCUT2D eigenvalue weighted by molar-refractivity contribution is 14.0. The van der Waals surface area contributed by atoms with E-state index in [4.69, 9.17) is 11.6 Å². The number of carbonyl (C=O) groups excluding carboxylic acids is 1. The maximum atomic E-state index is 12.1. The van der Waals surface area contributed by atoms with E-state index >= 15 is 0 Å². The van der Waals surface area contributed by atoms with Crippen LogP contribution in [0.25, 0.3) is 0 Å². The van der Waals surface area contributed by atoms with Gasteiger partial charge in [0, 0.05) is 40.5 Å². The van der Waals surface area contributed by atoms with Gasteiger partial charge in [-0.05, 0) is 43.2 Å². The fraction of sp³-hybridized carbons (Fsp3) is 0.368. The molecule has 3 N–H and O–H groups in total. The second-order valence-corrected chi connectivity index (χ2v) is 7.44. The first kappa shape index (κ1) is 23.7. The number of anilines is 1. The summed E-state index contributed by atoms with van der Waals surface area (Å²) in [6.07, 6.45) is 1.39. The number of benzene rings is 1. The third-order valence-corrected chi connectivity index (χ3v) is 5.54. The summed E-state index contributed by atoms with van der Waals surface area (Å²) < 4.78 is 0. The van der Waals surface area contributed by atoms with Crippen LogP contribution < -0.4 is 16.0 Å². The number of guanidine groups is 1. The number of aliphatic imine (C=N–C) groups is 1. The fourth-order valence-electron chi connectivity index (χ4n) is 2.35. The Balaban J connectivity index is 0.00000364. The number of nitrogens with zero attached hydrogens (tertiary/aromatic N) is 1. The summed E-state index contributed by atoms with van der Waals surface area (Å²) in [6.45, 7) is 5.25. The van der Waals surface area contributed by atoms with Crippen LogP contribution >= 0.6 is 46.9 Å². The predicted molar refractivity (Wildman–Crippen MR) is 127 cm³/mol. The van der Waals surface area contributed by atoms with Crippen LogP contribution in [0.3, 0.4) is 0 Å². The number of amides is 1. The van der Waals surface area contributed by atoms with Crippen molar-refractivity contribution in [1.82, 2.24) is 10.6 Å². The molecule has 0 radical (unpaired) electrons. The lowest BCUT2D eigenvalue weighted by Gasteiger charge is -2.12. The molecule has 1 amide bonds. The summed E-state index contributed by atoms with van der Waals surface area (Å²) in [6, 6.07) is 9.76. The number of hydrogen-bond acceptors (Lipinski definition) is 3. The molecule has 1 heterocycles. The van der Waals surface area contributed by atoms with Crippen molar-refractivity contribution in [2.45, 2.75) is 33.2 Å². The van der Waals surface area contributed by atoms with Crippen molar-refractivity contribution in [1.29, 1.82) is 0 Å². The summed E-state index contributed by atoms with van der Waals surface area (Å²) >= 11 is 7.87. The van der Waals surface area contributed by atoms with E-state index in [1.807, 2.05) is 19.1 Å². The van der Waals surface area contributed by atoms with E-state index in [0.29, 0.717) is 23.9 Å². The molecule has 0 saturated heterocycles. The Labute approximate surface area is 187 Å². The van der Waals surface area contributed by atoms with Crippen LogP contribution in [-0.2, 0) is 17.8 Å². The molecule has 2 aromatic rings. The Hall–Kier alpha value is -1.32. The monoisotopic (exact) mass is 520 g/mol. The average Bonchev–Trinajstić information content (AvgIpc) is 3.10. The summed E-state index contributed by atoms with van der Waals surface area (Å²) in [5, 5.41) is 9.95. The van der Waals surface area contributed by atoms with Crippen molar-refractivity contribution in [3.63, 3.8) is 0 Å². The number of rotatable bonds is 7. The van der Waals surface area contributed by atoms with Gasteiger partial charge in [0.05, 0.1) is 6.54 Å². The molecule has 5 nitrogen and oxygen atoms in total. The zero-order valence-corrected chi connectivity index (χ0v) is 19.7. The maximum Gasteiger partial charge on any atom is 0.226 e. The SMILES string of the molecule is CCc1ccc(CNC(=NC)NCCC(=O)Nc2cccc(Cl)c2C)s1.I. The van der Waals surface area contributed by atoms with Crippen LogP contribution in [0.2, 0.25) is 5.02 Å². The molecule has 8 heteroatoms. The Kier molecular flexibility index (Phi) is 10.7. The summed E-state index contributed by atoms with van der Waals surface area (Å²) in [5.74, 6) is 0.618. The molecular formula is C19H26ClIN4OS. The fourth-order valence-corrected chi connectivity index (χ4v) is 3.42. The van der Waals surface area contributed by atoms with Crippen LogP contribution in [0.5, 0.6) is 0 Å². The van der Waals surface area contributed by atoms with Crippen LogP contribution in [0, 0.1) is 6.92 Å². The highest BCUT2D eigenvalue weighted by Crippen LogP contribution is 2.22. The molecule has 1 aromatic heterocycles. The molecule has 0 bridgehead atoms. The van der Waals surface area contributed by atoms with E-state index < -0.39 is 0 Å². The summed E-state index contributed by atoms with van der Waals surface area (Å²) in [7, 11) is 1.72. The predicted octanol–water partition coefficient (Wildman–Crippen LogP) is 4.58. The van der Waals surface area contributed by atoms with E-state index in [1.54, 1.807) is 24.5 Å². The lowest BCUT2D eigenvalue weighted by Crippen LogP contribution is -2.38. The van der Waals surface area contributed by atoms with Gasteiger partial charge in [-0.15, -0.1) is 35.3 Å². The molecule has 0 saturated carbocycles. The van der Waals surface area contributed by atoms with Gasteiger partial charge in [0.1, 0.15) is 0 Å². The number of aryl methyl sites for hydroxylation is 1. The highest BCUT2D eigenvalue weighted by atomic mass is 127. The van der Waals surface area contributed by atoms with E-state index in [2.05, 4.69) is 40.0 Å². The number of carbonyl (C=O) groups is 1. The molecule has 0 aliphatic rings. The van der Waals surface area contributed by atoms with Gasteiger partial charge in [0.15, 0.2) is 5.96 Å². The number of nitrogens with one attached hydrogen (secondary N) is 3. The average molecular weight is 521 g/mol. The molecule has 0 atom stereocenters. The molecule has 0 aliphatic heterocycles. The first-order valence-corrected chi connectivity index (χ1v) is 9.80. The molecule has 1 aromatic carbocycles. The van der Waals surface area contributed by atoms with Crippen molar-refractivity contribution in [3.8, 4) is 0 Å². The molecule has 0 fully saturated rings. The highest BCUT2D eigenvalue weighted by Gasteiger charge is 2.07. The largest absolute Gasteiger partial charge is 0.356 e. The minimum Gasteiger partial charge on any atom is -0.356 e. The summed E-state index contributed by atoms with van der Waals surface area (Å²) in [5.41, 5.74) is 1.62. The Morgan fingerprint density at radius 3 is 2.59 bits per heavy atom. The van der Waals surface area contributed by atoms with Crippen molar-refractivity contribution < 1.29 is 4.79 Å². The molecule has 148 valence electrons. The Morgan fingerprint density at radius 1 is 1.19 bits per heavy atom. The minimum absolute atomic E-state index is 0. The van der Waals surface area contributed by atoms with Gasteiger partial charge in [0.25, 0.3) is 0 Å². The molecule has 2 rings (SSSR count). The molecule has 0 spiro atoms. The smallest absolute Gasteiger partial charge is 0.226 e. The number of hydrogen-bond donors (Lipinski definition) is 3. The third kappa shape index (κ3) is 7.67. The Morgan fingerprint density at radius 2 is 1.93 bits per heavy atom. The maximum absolute atomic E-state index is 12.1. The zero-order valence-electron chi connectivity index (χ0n) is 15.8. The van der Waals surface area contributed by atoms with E-state index in [1.165, 1.54) is 9.75 Å². The first-order valence-electron chi connectivity index (χ1n) is 8.60. The quantitative estimate of drug-likeness (QED) is 0.284. The molecule has 0 unspecified atom stereocenters. The van der Waals surface area contributed by atoms with E-state index in [0.717, 1.165) is 24.2 Å². The van der Waals surface area contributed by atoms with Crippen LogP contribution in [0.4, 0.5) is 5.69 Å². The topological polar surface area (TPSA) is 65.5 Å². The molecule has 27 heavy (non-hydrogen) atoms. The lowest BCUT2D eigenvalue weighted by molar-refractivity contribution is -0.116. The van der Waals surface area contributed by atoms with E-state index in [9.17, 15) is 4.79 Å². The van der Waals surface area contributed by atoms with E-state index in [-0.39, 0.29) is 29.9 Å². The molecule has 0 aliphatic carbocycles. The van der Waals surface area contributed by atoms with Crippen molar-refractivity contribution in [2.75, 3.05) is 18.9 Å². The van der Waals surface area contributed by atoms with Crippen LogP contribution in [0.15, 0.2) is 35.3 Å². The van der Waals surface area contributed by atoms with Gasteiger partial charge in [-0.25, -0.2) is 0 Å². The molecular weight excluding hydrogens is 495 g/mol. The lowest BCUT2D eigenvalue weighted by atomic mass is 10.2. The second kappa shape index (κ2) is 12.2. The first-order chi connectivity index (χ1) is 12.5. The zero-order chi connectivity index (χ0) is 18.9. The third-order valence-electron chi connectivity index (χ3n) is 3.91. The second-order valence-electron chi connectivity index (χ2n) is 5.78. The summed E-state index contributed by atoms with van der Waals surface area (Å²) in [4.78, 5) is 18.9. The minimum atomic E-state index is -0.0656. The van der Waals surface area contributed by atoms with Crippen molar-refractivity contribution in [3.05, 3.63) is 50.7 Å². The van der Waals surface area contributed by atoms with Crippen LogP contribution in [0.1, 0.15) is 28.7 Å². The number of thiophene rings is 1. The van der Waals surface area contributed by atoms with Crippen LogP contribution in [-0.4, -0.2) is 25.5 Å². The van der Waals surface area contributed by atoms with Gasteiger partial charge in [-0.2, -0.15) is 0 Å². The van der Waals surface area contributed by atoms with Gasteiger partial charge in [-0.1, -0.05) is 24.6 Å². The van der Waals surface area contributed by atoms with Gasteiger partial charge < -0.3 is 16.0 Å². The van der Waals surface area contributed by atoms with Gasteiger partial charge >= 0.3 is 0 Å². The number of halogens is 2. The van der Waals surface area contributed by atoms with Crippen molar-refractivity contribution in [2.24, 2.45) is 4.99 Å². The van der Waals surface area contributed by atoms with Gasteiger partial charge in [-0.3, -0.25) is 9.79 Å². The van der Waals surface area contributed by atoms with Crippen molar-refractivity contribution >= 4 is 64.5 Å². The van der Waals surface area contributed by atoms with Gasteiger partial charge in [0.2, 0.25) is 5.91 Å². The standard InChI is InChI=1S/C19H25ClN4OS.HI/c1-4-14-8-9-15(26-14)12-23-19(21-3)22-11-10-18(25)24-17-7-5-6-16(20)13(17)2;/h5-9H,4,10-12H2,1-3H3,(H,24,25)(H2,21,22,23);1H. The Bertz CT molecular complexity index is 779. The normalized spacial score (nSPS) is 10.9.